The van der Waals surface area contributed by atoms with Crippen LogP contribution >= 0.6 is 0 Å². The number of aromatic amines is 1. The van der Waals surface area contributed by atoms with Gasteiger partial charge in [-0.15, -0.1) is 0 Å². The van der Waals surface area contributed by atoms with Crippen molar-refractivity contribution in [3.63, 3.8) is 0 Å². The number of aromatic nitrogens is 1. The maximum absolute atomic E-state index is 5.62. The highest BCUT2D eigenvalue weighted by atomic mass is 14.9. The molecule has 0 bridgehead atoms. The third-order valence-electron chi connectivity index (χ3n) is 2.03. The van der Waals surface area contributed by atoms with E-state index >= 15 is 0 Å². The van der Waals surface area contributed by atoms with Crippen molar-refractivity contribution in [3.8, 4) is 0 Å². The van der Waals surface area contributed by atoms with Crippen molar-refractivity contribution >= 4 is 0 Å². The highest BCUT2D eigenvalue weighted by molar-refractivity contribution is 5.08. The monoisotopic (exact) mass is 181 g/mol. The van der Waals surface area contributed by atoms with Crippen LogP contribution in [0.25, 0.3) is 0 Å². The SMILES string of the molecule is CC(N)CCNCCc1cc[nH]c1. The predicted molar refractivity (Wildman–Crippen MR) is 55.6 cm³/mol. The first-order valence-corrected chi connectivity index (χ1v) is 4.87. The molecule has 3 heteroatoms. The minimum atomic E-state index is 0.305. The van der Waals surface area contributed by atoms with E-state index in [4.69, 9.17) is 5.73 Å². The van der Waals surface area contributed by atoms with Gasteiger partial charge in [-0.3, -0.25) is 0 Å². The predicted octanol–water partition coefficient (Wildman–Crippen LogP) is 0.884. The Morgan fingerprint density at radius 1 is 1.54 bits per heavy atom. The van der Waals surface area contributed by atoms with E-state index in [1.807, 2.05) is 19.3 Å². The van der Waals surface area contributed by atoms with Gasteiger partial charge in [0, 0.05) is 18.4 Å². The van der Waals surface area contributed by atoms with Crippen LogP contribution < -0.4 is 11.1 Å². The first-order chi connectivity index (χ1) is 6.29. The fourth-order valence-corrected chi connectivity index (χ4v) is 1.20. The van der Waals surface area contributed by atoms with Crippen LogP contribution in [0, 0.1) is 0 Å². The Kier molecular flexibility index (Phi) is 4.57. The third kappa shape index (κ3) is 4.70. The summed E-state index contributed by atoms with van der Waals surface area (Å²) in [6.07, 6.45) is 6.13. The van der Waals surface area contributed by atoms with E-state index < -0.39 is 0 Å². The van der Waals surface area contributed by atoms with Crippen LogP contribution in [0.4, 0.5) is 0 Å². The number of rotatable bonds is 6. The lowest BCUT2D eigenvalue weighted by Crippen LogP contribution is -2.25. The zero-order valence-corrected chi connectivity index (χ0v) is 8.22. The van der Waals surface area contributed by atoms with Crippen molar-refractivity contribution in [3.05, 3.63) is 24.0 Å². The lowest BCUT2D eigenvalue weighted by atomic mass is 10.2. The quantitative estimate of drug-likeness (QED) is 0.571. The minimum absolute atomic E-state index is 0.305. The molecule has 0 saturated heterocycles. The number of nitrogens with two attached hydrogens (primary N) is 1. The van der Waals surface area contributed by atoms with Gasteiger partial charge in [-0.05, 0) is 44.5 Å². The van der Waals surface area contributed by atoms with Gasteiger partial charge in [0.05, 0.1) is 0 Å². The Bertz CT molecular complexity index is 204. The van der Waals surface area contributed by atoms with E-state index in [0.29, 0.717) is 6.04 Å². The van der Waals surface area contributed by atoms with Crippen molar-refractivity contribution in [1.29, 1.82) is 0 Å². The smallest absolute Gasteiger partial charge is 0.00378 e. The molecule has 1 unspecified atom stereocenters. The normalized spacial score (nSPS) is 13.1. The largest absolute Gasteiger partial charge is 0.367 e. The first-order valence-electron chi connectivity index (χ1n) is 4.87. The first kappa shape index (κ1) is 10.3. The van der Waals surface area contributed by atoms with Gasteiger partial charge in [0.15, 0.2) is 0 Å². The van der Waals surface area contributed by atoms with Gasteiger partial charge in [-0.2, -0.15) is 0 Å². The highest BCUT2D eigenvalue weighted by Crippen LogP contribution is 1.95. The summed E-state index contributed by atoms with van der Waals surface area (Å²) in [6.45, 7) is 4.08. The molecule has 0 amide bonds. The van der Waals surface area contributed by atoms with Crippen LogP contribution in [-0.4, -0.2) is 24.1 Å². The molecular formula is C10H19N3. The second-order valence-corrected chi connectivity index (χ2v) is 3.49. The fraction of sp³-hybridized carbons (Fsp3) is 0.600. The summed E-state index contributed by atoms with van der Waals surface area (Å²) >= 11 is 0. The Morgan fingerprint density at radius 3 is 3.00 bits per heavy atom. The average molecular weight is 181 g/mol. The van der Waals surface area contributed by atoms with Crippen molar-refractivity contribution in [2.75, 3.05) is 13.1 Å². The summed E-state index contributed by atoms with van der Waals surface area (Å²) in [5.41, 5.74) is 6.98. The second kappa shape index (κ2) is 5.78. The zero-order chi connectivity index (χ0) is 9.52. The van der Waals surface area contributed by atoms with E-state index in [1.54, 1.807) is 0 Å². The number of H-pyrrole nitrogens is 1. The van der Waals surface area contributed by atoms with Gasteiger partial charge in [-0.25, -0.2) is 0 Å². The Labute approximate surface area is 79.7 Å². The molecule has 1 atom stereocenters. The molecule has 1 aromatic heterocycles. The maximum atomic E-state index is 5.62. The molecule has 0 aliphatic heterocycles. The zero-order valence-electron chi connectivity index (χ0n) is 8.22. The van der Waals surface area contributed by atoms with Crippen LogP contribution in [0.2, 0.25) is 0 Å². The van der Waals surface area contributed by atoms with Crippen LogP contribution in [0.5, 0.6) is 0 Å². The topological polar surface area (TPSA) is 53.8 Å². The number of hydrogen-bond acceptors (Lipinski definition) is 2. The molecule has 0 spiro atoms. The standard InChI is InChI=1S/C10H19N3/c1-9(11)2-5-12-6-3-10-4-7-13-8-10/h4,7-9,12-13H,2-3,5-6,11H2,1H3. The van der Waals surface area contributed by atoms with Crippen molar-refractivity contribution in [2.24, 2.45) is 5.73 Å². The molecule has 0 aliphatic carbocycles. The summed E-state index contributed by atoms with van der Waals surface area (Å²) in [5, 5.41) is 3.36. The summed E-state index contributed by atoms with van der Waals surface area (Å²) < 4.78 is 0. The fourth-order valence-electron chi connectivity index (χ4n) is 1.20. The van der Waals surface area contributed by atoms with Gasteiger partial charge in [0.1, 0.15) is 0 Å². The summed E-state index contributed by atoms with van der Waals surface area (Å²) in [7, 11) is 0. The van der Waals surface area contributed by atoms with Crippen LogP contribution in [0.1, 0.15) is 18.9 Å². The molecule has 1 aromatic rings. The second-order valence-electron chi connectivity index (χ2n) is 3.49. The molecule has 0 aromatic carbocycles. The summed E-state index contributed by atoms with van der Waals surface area (Å²) in [4.78, 5) is 3.04. The summed E-state index contributed by atoms with van der Waals surface area (Å²) in [5.74, 6) is 0. The van der Waals surface area contributed by atoms with E-state index in [2.05, 4.69) is 16.4 Å². The average Bonchev–Trinajstić information content (AvgIpc) is 2.55. The molecule has 3 nitrogen and oxygen atoms in total. The summed E-state index contributed by atoms with van der Waals surface area (Å²) in [6, 6.07) is 2.41. The molecule has 4 N–H and O–H groups in total. The molecular weight excluding hydrogens is 162 g/mol. The molecule has 0 saturated carbocycles. The maximum Gasteiger partial charge on any atom is 0.00378 e. The Balaban J connectivity index is 1.96. The van der Waals surface area contributed by atoms with Gasteiger partial charge >= 0.3 is 0 Å². The van der Waals surface area contributed by atoms with Crippen molar-refractivity contribution < 1.29 is 0 Å². The van der Waals surface area contributed by atoms with Gasteiger partial charge in [-0.1, -0.05) is 0 Å². The van der Waals surface area contributed by atoms with E-state index in [9.17, 15) is 0 Å². The van der Waals surface area contributed by atoms with Gasteiger partial charge in [0.2, 0.25) is 0 Å². The Morgan fingerprint density at radius 2 is 2.38 bits per heavy atom. The van der Waals surface area contributed by atoms with Crippen LogP contribution in [-0.2, 0) is 6.42 Å². The minimum Gasteiger partial charge on any atom is -0.367 e. The molecule has 74 valence electrons. The lowest BCUT2D eigenvalue weighted by molar-refractivity contribution is 0.590. The molecule has 0 radical (unpaired) electrons. The molecule has 0 fully saturated rings. The number of hydrogen-bond donors (Lipinski definition) is 3. The van der Waals surface area contributed by atoms with Gasteiger partial charge in [0.25, 0.3) is 0 Å². The van der Waals surface area contributed by atoms with E-state index in [1.165, 1.54) is 5.56 Å². The molecule has 1 heterocycles. The van der Waals surface area contributed by atoms with Crippen LogP contribution in [0.3, 0.4) is 0 Å². The molecule has 13 heavy (non-hydrogen) atoms. The van der Waals surface area contributed by atoms with E-state index in [-0.39, 0.29) is 0 Å². The molecule has 1 rings (SSSR count). The third-order valence-corrected chi connectivity index (χ3v) is 2.03. The van der Waals surface area contributed by atoms with Crippen LogP contribution in [0.15, 0.2) is 18.5 Å². The van der Waals surface area contributed by atoms with E-state index in [0.717, 1.165) is 25.9 Å². The Hall–Kier alpha value is -0.800. The lowest BCUT2D eigenvalue weighted by Gasteiger charge is -2.05. The molecule has 0 aliphatic rings. The van der Waals surface area contributed by atoms with Crippen molar-refractivity contribution in [2.45, 2.75) is 25.8 Å². The van der Waals surface area contributed by atoms with Crippen molar-refractivity contribution in [1.82, 2.24) is 10.3 Å². The van der Waals surface area contributed by atoms with Gasteiger partial charge < -0.3 is 16.0 Å². The number of nitrogens with one attached hydrogen (secondary N) is 2. The highest BCUT2D eigenvalue weighted by Gasteiger charge is 1.94.